The van der Waals surface area contributed by atoms with Crippen molar-refractivity contribution < 1.29 is 19.1 Å². The summed E-state index contributed by atoms with van der Waals surface area (Å²) in [7, 11) is 0. The van der Waals surface area contributed by atoms with Crippen LogP contribution < -0.4 is 10.2 Å². The second kappa shape index (κ2) is 9.26. The van der Waals surface area contributed by atoms with Crippen LogP contribution in [0.1, 0.15) is 19.4 Å². The average molecular weight is 492 g/mol. The van der Waals surface area contributed by atoms with Crippen LogP contribution in [-0.4, -0.2) is 65.9 Å². The maximum atomic E-state index is 13.4. The number of fused-ring (bicyclic) bond motifs is 1. The third-order valence-corrected chi connectivity index (χ3v) is 7.03. The minimum Gasteiger partial charge on any atom is -0.367 e. The second-order valence-electron chi connectivity index (χ2n) is 8.89. The summed E-state index contributed by atoms with van der Waals surface area (Å²) in [5, 5.41) is 12.6. The molecule has 10 heteroatoms. The second-order valence-corrected chi connectivity index (χ2v) is 9.92. The van der Waals surface area contributed by atoms with E-state index in [-0.39, 0.29) is 5.91 Å². The first kappa shape index (κ1) is 23.2. The molecule has 0 bridgehead atoms. The number of nitrogens with zero attached hydrogens (tertiary/aromatic N) is 4. The van der Waals surface area contributed by atoms with E-state index < -0.39 is 23.9 Å². The highest BCUT2D eigenvalue weighted by Crippen LogP contribution is 2.32. The molecule has 180 valence electrons. The van der Waals surface area contributed by atoms with Crippen molar-refractivity contribution in [1.82, 2.24) is 9.88 Å². The van der Waals surface area contributed by atoms with E-state index >= 15 is 0 Å². The summed E-state index contributed by atoms with van der Waals surface area (Å²) in [6.07, 6.45) is -2.15. The molecule has 0 saturated carbocycles. The number of carbonyl (C=O) groups is 2. The van der Waals surface area contributed by atoms with Crippen molar-refractivity contribution in [2.45, 2.75) is 31.8 Å². The number of anilines is 2. The van der Waals surface area contributed by atoms with Gasteiger partial charge in [0.2, 0.25) is 0 Å². The number of thiazole rings is 1. The fourth-order valence-corrected chi connectivity index (χ4v) is 5.30. The first-order valence-corrected chi connectivity index (χ1v) is 12.2. The SMILES string of the molecule is CC1(C)O[C@H](C(=O)Nc2nc3ccccc3s2)[C@@H](C(=O)N2CCN(c3ccccc3C#N)CC2)O1. The quantitative estimate of drug-likeness (QED) is 0.598. The number of benzene rings is 2. The summed E-state index contributed by atoms with van der Waals surface area (Å²) in [6.45, 7) is 5.42. The molecule has 2 amide bonds. The fraction of sp³-hybridized carbons (Fsp3) is 0.360. The third-order valence-electron chi connectivity index (χ3n) is 6.08. The van der Waals surface area contributed by atoms with Crippen molar-refractivity contribution in [2.75, 3.05) is 36.4 Å². The molecule has 0 unspecified atom stereocenters. The monoisotopic (exact) mass is 491 g/mol. The Hall–Kier alpha value is -3.52. The van der Waals surface area contributed by atoms with Gasteiger partial charge in [-0.3, -0.25) is 14.9 Å². The topological polar surface area (TPSA) is 108 Å². The van der Waals surface area contributed by atoms with Crippen molar-refractivity contribution in [3.63, 3.8) is 0 Å². The van der Waals surface area contributed by atoms with Crippen LogP contribution in [0.15, 0.2) is 48.5 Å². The maximum absolute atomic E-state index is 13.4. The van der Waals surface area contributed by atoms with Crippen molar-refractivity contribution >= 4 is 44.2 Å². The Morgan fingerprint density at radius 3 is 2.49 bits per heavy atom. The van der Waals surface area contributed by atoms with Gasteiger partial charge in [0.05, 0.1) is 21.5 Å². The van der Waals surface area contributed by atoms with E-state index in [1.165, 1.54) is 11.3 Å². The van der Waals surface area contributed by atoms with Gasteiger partial charge in [-0.25, -0.2) is 4.98 Å². The molecule has 2 aromatic carbocycles. The molecule has 1 N–H and O–H groups in total. The van der Waals surface area contributed by atoms with E-state index in [0.29, 0.717) is 36.9 Å². The summed E-state index contributed by atoms with van der Waals surface area (Å²) < 4.78 is 12.7. The number of carbonyl (C=O) groups excluding carboxylic acids is 2. The van der Waals surface area contributed by atoms with Gasteiger partial charge in [-0.2, -0.15) is 5.26 Å². The molecule has 2 aliphatic rings. The van der Waals surface area contributed by atoms with Crippen LogP contribution in [-0.2, 0) is 19.1 Å². The molecule has 0 spiro atoms. The molecule has 2 aliphatic heterocycles. The predicted molar refractivity (Wildman–Crippen MR) is 132 cm³/mol. The fourth-order valence-electron chi connectivity index (χ4n) is 4.43. The predicted octanol–water partition coefficient (Wildman–Crippen LogP) is 2.98. The highest BCUT2D eigenvalue weighted by Gasteiger charge is 2.50. The van der Waals surface area contributed by atoms with Crippen LogP contribution in [0.25, 0.3) is 10.2 Å². The number of ether oxygens (including phenoxy) is 2. The molecule has 3 aromatic rings. The zero-order chi connectivity index (χ0) is 24.6. The Morgan fingerprint density at radius 1 is 1.06 bits per heavy atom. The first-order chi connectivity index (χ1) is 16.8. The highest BCUT2D eigenvalue weighted by molar-refractivity contribution is 7.22. The van der Waals surface area contributed by atoms with Gasteiger partial charge in [0.15, 0.2) is 23.1 Å². The summed E-state index contributed by atoms with van der Waals surface area (Å²) in [5.74, 6) is -1.83. The molecule has 2 saturated heterocycles. The average Bonchev–Trinajstić information content (AvgIpc) is 3.43. The molecule has 0 radical (unpaired) electrons. The Bertz CT molecular complexity index is 1280. The minimum absolute atomic E-state index is 0.284. The molecule has 2 fully saturated rings. The highest BCUT2D eigenvalue weighted by atomic mass is 32.1. The van der Waals surface area contributed by atoms with Gasteiger partial charge in [-0.15, -0.1) is 0 Å². The van der Waals surface area contributed by atoms with Crippen LogP contribution >= 0.6 is 11.3 Å². The molecule has 9 nitrogen and oxygen atoms in total. The number of para-hydroxylation sites is 2. The largest absolute Gasteiger partial charge is 0.367 e. The summed E-state index contributed by atoms with van der Waals surface area (Å²) in [6, 6.07) is 17.3. The molecule has 2 atom stereocenters. The standard InChI is InChI=1S/C25H25N5O4S/c1-25(2)33-20(22(31)28-24-27-17-8-4-6-10-19(17)35-24)21(34-25)23(32)30-13-11-29(12-14-30)18-9-5-3-7-16(18)15-26/h3-10,20-21H,11-14H2,1-2H3,(H,27,28,31)/t20-,21-/m0/s1. The molecule has 5 rings (SSSR count). The summed E-state index contributed by atoms with van der Waals surface area (Å²) >= 11 is 1.36. The van der Waals surface area contributed by atoms with Crippen molar-refractivity contribution in [3.05, 3.63) is 54.1 Å². The zero-order valence-electron chi connectivity index (χ0n) is 19.4. The smallest absolute Gasteiger partial charge is 0.258 e. The van der Waals surface area contributed by atoms with Gasteiger partial charge < -0.3 is 19.3 Å². The van der Waals surface area contributed by atoms with Gasteiger partial charge in [-0.05, 0) is 38.1 Å². The lowest BCUT2D eigenvalue weighted by molar-refractivity contribution is -0.162. The number of aromatic nitrogens is 1. The van der Waals surface area contributed by atoms with Gasteiger partial charge in [0.25, 0.3) is 11.8 Å². The van der Waals surface area contributed by atoms with Crippen LogP contribution in [0.5, 0.6) is 0 Å². The molecular formula is C25H25N5O4S. The molecular weight excluding hydrogens is 466 g/mol. The maximum Gasteiger partial charge on any atom is 0.258 e. The third kappa shape index (κ3) is 4.71. The van der Waals surface area contributed by atoms with E-state index in [1.54, 1.807) is 24.8 Å². The first-order valence-electron chi connectivity index (χ1n) is 11.4. The molecule has 0 aliphatic carbocycles. The Morgan fingerprint density at radius 2 is 1.74 bits per heavy atom. The van der Waals surface area contributed by atoms with Gasteiger partial charge in [-0.1, -0.05) is 35.6 Å². The number of hydrogen-bond donors (Lipinski definition) is 1. The van der Waals surface area contributed by atoms with E-state index in [1.807, 2.05) is 42.5 Å². The van der Waals surface area contributed by atoms with Crippen LogP contribution in [0.4, 0.5) is 10.8 Å². The van der Waals surface area contributed by atoms with Crippen molar-refractivity contribution in [1.29, 1.82) is 5.26 Å². The van der Waals surface area contributed by atoms with Crippen molar-refractivity contribution in [2.24, 2.45) is 0 Å². The number of piperazine rings is 1. The number of amides is 2. The van der Waals surface area contributed by atoms with Crippen LogP contribution in [0.2, 0.25) is 0 Å². The van der Waals surface area contributed by atoms with Gasteiger partial charge >= 0.3 is 0 Å². The van der Waals surface area contributed by atoms with Crippen LogP contribution in [0.3, 0.4) is 0 Å². The number of rotatable bonds is 4. The van der Waals surface area contributed by atoms with E-state index in [4.69, 9.17) is 9.47 Å². The van der Waals surface area contributed by atoms with E-state index in [9.17, 15) is 14.9 Å². The Balaban J connectivity index is 1.27. The van der Waals surface area contributed by atoms with Crippen molar-refractivity contribution in [3.8, 4) is 6.07 Å². The number of nitrogens with one attached hydrogen (secondary N) is 1. The van der Waals surface area contributed by atoms with E-state index in [0.717, 1.165) is 15.9 Å². The normalized spacial score (nSPS) is 21.6. The number of hydrogen-bond acceptors (Lipinski definition) is 8. The lowest BCUT2D eigenvalue weighted by atomic mass is 10.1. The summed E-state index contributed by atoms with van der Waals surface area (Å²) in [4.78, 5) is 34.8. The molecule has 3 heterocycles. The van der Waals surface area contributed by atoms with Crippen LogP contribution in [0, 0.1) is 11.3 Å². The Kier molecular flexibility index (Phi) is 6.15. The number of nitriles is 1. The zero-order valence-corrected chi connectivity index (χ0v) is 20.2. The lowest BCUT2D eigenvalue weighted by Gasteiger charge is -2.37. The molecule has 1 aromatic heterocycles. The Labute approximate surface area is 206 Å². The molecule has 35 heavy (non-hydrogen) atoms. The van der Waals surface area contributed by atoms with Gasteiger partial charge in [0.1, 0.15) is 6.07 Å². The summed E-state index contributed by atoms with van der Waals surface area (Å²) in [5.41, 5.74) is 2.25. The van der Waals surface area contributed by atoms with E-state index in [2.05, 4.69) is 21.3 Å². The lowest BCUT2D eigenvalue weighted by Crippen LogP contribution is -2.54. The minimum atomic E-state index is -1.10. The van der Waals surface area contributed by atoms with Gasteiger partial charge in [0, 0.05) is 26.2 Å².